The van der Waals surface area contributed by atoms with Gasteiger partial charge in [0.1, 0.15) is 0 Å². The van der Waals surface area contributed by atoms with E-state index in [1.807, 2.05) is 0 Å². The molecule has 98 valence electrons. The van der Waals surface area contributed by atoms with Gasteiger partial charge in [0.05, 0.1) is 0 Å². The van der Waals surface area contributed by atoms with Gasteiger partial charge in [0.15, 0.2) is 0 Å². The number of carbonyl (C=O) groups is 1. The molecule has 2 fully saturated rings. The van der Waals surface area contributed by atoms with Crippen molar-refractivity contribution in [1.29, 1.82) is 0 Å². The molecule has 1 aliphatic heterocycles. The molecule has 17 heavy (non-hydrogen) atoms. The van der Waals surface area contributed by atoms with E-state index in [9.17, 15) is 4.79 Å². The van der Waals surface area contributed by atoms with Gasteiger partial charge in [-0.25, -0.2) is 0 Å². The average Bonchev–Trinajstić information content (AvgIpc) is 2.24. The zero-order chi connectivity index (χ0) is 12.3. The number of nitrogens with zero attached hydrogens (tertiary/aromatic N) is 1. The van der Waals surface area contributed by atoms with Crippen molar-refractivity contribution in [1.82, 2.24) is 15.5 Å². The zero-order valence-electron chi connectivity index (χ0n) is 11.1. The molecule has 0 spiro atoms. The molecule has 4 nitrogen and oxygen atoms in total. The Morgan fingerprint density at radius 2 is 2.00 bits per heavy atom. The minimum Gasteiger partial charge on any atom is -0.353 e. The lowest BCUT2D eigenvalue weighted by Crippen LogP contribution is -2.55. The molecule has 1 saturated carbocycles. The van der Waals surface area contributed by atoms with Gasteiger partial charge in [-0.3, -0.25) is 9.69 Å². The average molecular weight is 239 g/mol. The van der Waals surface area contributed by atoms with Crippen molar-refractivity contribution < 1.29 is 4.79 Å². The highest BCUT2D eigenvalue weighted by atomic mass is 16.1. The van der Waals surface area contributed by atoms with Gasteiger partial charge in [0, 0.05) is 44.2 Å². The molecule has 1 heterocycles. The molecular weight excluding hydrogens is 214 g/mol. The molecule has 0 unspecified atom stereocenters. The van der Waals surface area contributed by atoms with Crippen molar-refractivity contribution in [3.05, 3.63) is 0 Å². The first-order chi connectivity index (χ1) is 8.08. The number of rotatable bonds is 4. The predicted molar refractivity (Wildman–Crippen MR) is 68.9 cm³/mol. The second-order valence-corrected chi connectivity index (χ2v) is 5.92. The van der Waals surface area contributed by atoms with Gasteiger partial charge in [-0.1, -0.05) is 0 Å². The first kappa shape index (κ1) is 12.8. The van der Waals surface area contributed by atoms with Crippen LogP contribution in [0.3, 0.4) is 0 Å². The fraction of sp³-hybridized carbons (Fsp3) is 0.923. The Morgan fingerprint density at radius 3 is 2.53 bits per heavy atom. The third-order valence-electron chi connectivity index (χ3n) is 4.04. The van der Waals surface area contributed by atoms with Crippen molar-refractivity contribution in [3.63, 3.8) is 0 Å². The van der Waals surface area contributed by atoms with Crippen molar-refractivity contribution in [3.8, 4) is 0 Å². The van der Waals surface area contributed by atoms with E-state index in [1.54, 1.807) is 0 Å². The Kier molecular flexibility index (Phi) is 4.05. The second kappa shape index (κ2) is 5.36. The largest absolute Gasteiger partial charge is 0.353 e. The SMILES string of the molecule is CC(C)(CC(=O)NC1CCC1)N1CCNCC1. The summed E-state index contributed by atoms with van der Waals surface area (Å²) in [6, 6.07) is 0.460. The molecular formula is C13H25N3O. The van der Waals surface area contributed by atoms with Gasteiger partial charge in [0.2, 0.25) is 5.91 Å². The summed E-state index contributed by atoms with van der Waals surface area (Å²) in [6.45, 7) is 8.52. The fourth-order valence-electron chi connectivity index (χ4n) is 2.61. The topological polar surface area (TPSA) is 44.4 Å². The molecule has 2 N–H and O–H groups in total. The van der Waals surface area contributed by atoms with Crippen LogP contribution in [0.4, 0.5) is 0 Å². The predicted octanol–water partition coefficient (Wildman–Crippen LogP) is 0.729. The van der Waals surface area contributed by atoms with Crippen LogP contribution < -0.4 is 10.6 Å². The van der Waals surface area contributed by atoms with Crippen molar-refractivity contribution in [2.45, 2.75) is 51.1 Å². The van der Waals surface area contributed by atoms with Crippen LogP contribution in [-0.4, -0.2) is 48.6 Å². The Balaban J connectivity index is 1.79. The van der Waals surface area contributed by atoms with E-state index in [0.29, 0.717) is 12.5 Å². The van der Waals surface area contributed by atoms with E-state index in [1.165, 1.54) is 19.3 Å². The van der Waals surface area contributed by atoms with E-state index < -0.39 is 0 Å². The Morgan fingerprint density at radius 1 is 1.35 bits per heavy atom. The molecule has 2 aliphatic rings. The molecule has 0 aromatic carbocycles. The van der Waals surface area contributed by atoms with Crippen LogP contribution in [-0.2, 0) is 4.79 Å². The molecule has 1 aliphatic carbocycles. The number of hydrogen-bond donors (Lipinski definition) is 2. The first-order valence-corrected chi connectivity index (χ1v) is 6.83. The maximum Gasteiger partial charge on any atom is 0.222 e. The minimum absolute atomic E-state index is 0.0179. The van der Waals surface area contributed by atoms with E-state index in [2.05, 4.69) is 29.4 Å². The third-order valence-corrected chi connectivity index (χ3v) is 4.04. The third kappa shape index (κ3) is 3.42. The highest BCUT2D eigenvalue weighted by molar-refractivity contribution is 5.77. The van der Waals surface area contributed by atoms with Crippen LogP contribution in [0.15, 0.2) is 0 Å². The van der Waals surface area contributed by atoms with Crippen LogP contribution in [0.1, 0.15) is 39.5 Å². The van der Waals surface area contributed by atoms with E-state index in [0.717, 1.165) is 26.2 Å². The maximum absolute atomic E-state index is 12.0. The van der Waals surface area contributed by atoms with Gasteiger partial charge in [0.25, 0.3) is 0 Å². The summed E-state index contributed by atoms with van der Waals surface area (Å²) >= 11 is 0. The molecule has 1 amide bonds. The highest BCUT2D eigenvalue weighted by Gasteiger charge is 2.31. The van der Waals surface area contributed by atoms with E-state index in [-0.39, 0.29) is 11.4 Å². The van der Waals surface area contributed by atoms with Gasteiger partial charge < -0.3 is 10.6 Å². The van der Waals surface area contributed by atoms with Crippen LogP contribution in [0.25, 0.3) is 0 Å². The Labute approximate surface area is 104 Å². The second-order valence-electron chi connectivity index (χ2n) is 5.92. The molecule has 4 heteroatoms. The Hall–Kier alpha value is -0.610. The van der Waals surface area contributed by atoms with E-state index >= 15 is 0 Å². The standard InChI is InChI=1S/C13H25N3O/c1-13(2,16-8-6-14-7-9-16)10-12(17)15-11-4-3-5-11/h11,14H,3-10H2,1-2H3,(H,15,17). The molecule has 0 bridgehead atoms. The summed E-state index contributed by atoms with van der Waals surface area (Å²) in [7, 11) is 0. The first-order valence-electron chi connectivity index (χ1n) is 6.83. The van der Waals surface area contributed by atoms with Gasteiger partial charge in [-0.2, -0.15) is 0 Å². The van der Waals surface area contributed by atoms with Crippen molar-refractivity contribution in [2.75, 3.05) is 26.2 Å². The molecule has 0 aromatic rings. The lowest BCUT2D eigenvalue weighted by molar-refractivity contribution is -0.125. The summed E-state index contributed by atoms with van der Waals surface area (Å²) in [5.41, 5.74) is -0.0179. The minimum atomic E-state index is -0.0179. The lowest BCUT2D eigenvalue weighted by atomic mass is 9.91. The zero-order valence-corrected chi connectivity index (χ0v) is 11.1. The van der Waals surface area contributed by atoms with Crippen LogP contribution >= 0.6 is 0 Å². The summed E-state index contributed by atoms with van der Waals surface area (Å²) in [5, 5.41) is 6.48. The highest BCUT2D eigenvalue weighted by Crippen LogP contribution is 2.22. The van der Waals surface area contributed by atoms with Crippen LogP contribution in [0.5, 0.6) is 0 Å². The van der Waals surface area contributed by atoms with Crippen molar-refractivity contribution >= 4 is 5.91 Å². The molecule has 0 atom stereocenters. The maximum atomic E-state index is 12.0. The van der Waals surface area contributed by atoms with Crippen molar-refractivity contribution in [2.24, 2.45) is 0 Å². The van der Waals surface area contributed by atoms with E-state index in [4.69, 9.17) is 0 Å². The molecule has 1 saturated heterocycles. The Bertz CT molecular complexity index is 268. The summed E-state index contributed by atoms with van der Waals surface area (Å²) in [4.78, 5) is 14.4. The quantitative estimate of drug-likeness (QED) is 0.760. The summed E-state index contributed by atoms with van der Waals surface area (Å²) < 4.78 is 0. The monoisotopic (exact) mass is 239 g/mol. The van der Waals surface area contributed by atoms with Crippen LogP contribution in [0, 0.1) is 0 Å². The van der Waals surface area contributed by atoms with Gasteiger partial charge in [-0.05, 0) is 33.1 Å². The normalized spacial score (nSPS) is 23.2. The number of carbonyl (C=O) groups excluding carboxylic acids is 1. The number of hydrogen-bond acceptors (Lipinski definition) is 3. The fourth-order valence-corrected chi connectivity index (χ4v) is 2.61. The van der Waals surface area contributed by atoms with Gasteiger partial charge >= 0.3 is 0 Å². The number of amides is 1. The number of nitrogens with one attached hydrogen (secondary N) is 2. The summed E-state index contributed by atoms with van der Waals surface area (Å²) in [6.07, 6.45) is 4.22. The molecule has 2 rings (SSSR count). The summed E-state index contributed by atoms with van der Waals surface area (Å²) in [5.74, 6) is 0.221. The number of piperazine rings is 1. The van der Waals surface area contributed by atoms with Gasteiger partial charge in [-0.15, -0.1) is 0 Å². The molecule has 0 radical (unpaired) electrons. The lowest BCUT2D eigenvalue weighted by Gasteiger charge is -2.41. The molecule has 0 aromatic heterocycles. The smallest absolute Gasteiger partial charge is 0.222 e. The van der Waals surface area contributed by atoms with Crippen LogP contribution in [0.2, 0.25) is 0 Å².